The average Bonchev–Trinajstić information content (AvgIpc) is 2.37. The molecule has 3 aliphatic rings. The number of piperidine rings is 1. The monoisotopic (exact) mass is 280 g/mol. The van der Waals surface area contributed by atoms with Crippen LogP contribution >= 0.6 is 0 Å². The van der Waals surface area contributed by atoms with Crippen LogP contribution in [-0.4, -0.2) is 47.2 Å². The number of hydrogen-bond acceptors (Lipinski definition) is 3. The van der Waals surface area contributed by atoms with Gasteiger partial charge in [-0.25, -0.2) is 0 Å². The average molecular weight is 280 g/mol. The predicted octanol–water partition coefficient (Wildman–Crippen LogP) is 2.24. The second-order valence-corrected chi connectivity index (χ2v) is 7.01. The fraction of sp³-hybridized carbons (Fsp3) is 0.938. The van der Waals surface area contributed by atoms with Gasteiger partial charge in [0.1, 0.15) is 0 Å². The summed E-state index contributed by atoms with van der Waals surface area (Å²) in [6.07, 6.45) is 11.3. The van der Waals surface area contributed by atoms with Crippen LogP contribution in [0.5, 0.6) is 0 Å². The summed E-state index contributed by atoms with van der Waals surface area (Å²) in [5, 5.41) is 13.2. The third-order valence-electron chi connectivity index (χ3n) is 5.50. The summed E-state index contributed by atoms with van der Waals surface area (Å²) in [5.74, 6) is -0.782. The molecule has 0 aromatic carbocycles. The molecule has 0 spiro atoms. The predicted molar refractivity (Wildman–Crippen MR) is 78.8 cm³/mol. The Hall–Kier alpha value is -0.610. The quantitative estimate of drug-likeness (QED) is 0.829. The van der Waals surface area contributed by atoms with Gasteiger partial charge < -0.3 is 10.4 Å². The zero-order valence-corrected chi connectivity index (χ0v) is 12.4. The number of carboxylic acid groups (broad SMARTS) is 1. The van der Waals surface area contributed by atoms with E-state index in [1.54, 1.807) is 0 Å². The number of carboxylic acids is 1. The van der Waals surface area contributed by atoms with Gasteiger partial charge in [0.25, 0.3) is 0 Å². The summed E-state index contributed by atoms with van der Waals surface area (Å²) in [5.41, 5.74) is 0. The highest BCUT2D eigenvalue weighted by atomic mass is 16.4. The summed E-state index contributed by atoms with van der Waals surface area (Å²) in [6.45, 7) is 1.83. The fourth-order valence-corrected chi connectivity index (χ4v) is 4.09. The van der Waals surface area contributed by atoms with Crippen molar-refractivity contribution >= 4 is 5.97 Å². The van der Waals surface area contributed by atoms with Crippen molar-refractivity contribution in [2.75, 3.05) is 13.1 Å². The first-order chi connectivity index (χ1) is 9.72. The molecule has 3 fully saturated rings. The minimum absolute atomic E-state index is 0.176. The van der Waals surface area contributed by atoms with Gasteiger partial charge in [0, 0.05) is 31.2 Å². The lowest BCUT2D eigenvalue weighted by molar-refractivity contribution is -0.144. The molecular weight excluding hydrogens is 252 g/mol. The fourth-order valence-electron chi connectivity index (χ4n) is 4.09. The molecule has 1 aliphatic heterocycles. The molecule has 2 atom stereocenters. The number of rotatable bonds is 4. The van der Waals surface area contributed by atoms with Crippen LogP contribution in [0.1, 0.15) is 57.8 Å². The topological polar surface area (TPSA) is 52.6 Å². The van der Waals surface area contributed by atoms with Gasteiger partial charge in [0.05, 0.1) is 5.92 Å². The van der Waals surface area contributed by atoms with Gasteiger partial charge in [-0.3, -0.25) is 9.69 Å². The van der Waals surface area contributed by atoms with Gasteiger partial charge in [0.2, 0.25) is 0 Å². The molecule has 0 bridgehead atoms. The van der Waals surface area contributed by atoms with E-state index in [4.69, 9.17) is 0 Å². The molecule has 4 nitrogen and oxygen atoms in total. The Labute approximate surface area is 121 Å². The Morgan fingerprint density at radius 1 is 0.950 bits per heavy atom. The third kappa shape index (κ3) is 3.34. The van der Waals surface area contributed by atoms with E-state index in [2.05, 4.69) is 10.2 Å². The maximum absolute atomic E-state index is 11.4. The number of nitrogens with zero attached hydrogens (tertiary/aromatic N) is 1. The maximum Gasteiger partial charge on any atom is 0.307 e. The van der Waals surface area contributed by atoms with E-state index in [1.165, 1.54) is 51.4 Å². The van der Waals surface area contributed by atoms with E-state index in [-0.39, 0.29) is 5.92 Å². The Kier molecular flexibility index (Phi) is 4.61. The molecule has 2 aliphatic carbocycles. The molecule has 2 unspecified atom stereocenters. The largest absolute Gasteiger partial charge is 0.481 e. The standard InChI is InChI=1S/C16H28N2O2/c19-16(20)12-9-14(17-13-5-2-1-3-6-13)11-18(10-12)15-7-4-8-15/h12-15,17H,1-11H2,(H,19,20). The van der Waals surface area contributed by atoms with Gasteiger partial charge in [-0.2, -0.15) is 0 Å². The van der Waals surface area contributed by atoms with Crippen molar-refractivity contribution in [2.24, 2.45) is 5.92 Å². The van der Waals surface area contributed by atoms with Crippen molar-refractivity contribution in [2.45, 2.75) is 75.9 Å². The molecular formula is C16H28N2O2. The lowest BCUT2D eigenvalue weighted by Crippen LogP contribution is -2.57. The van der Waals surface area contributed by atoms with Crippen LogP contribution in [0, 0.1) is 5.92 Å². The zero-order valence-electron chi connectivity index (χ0n) is 12.4. The van der Waals surface area contributed by atoms with E-state index >= 15 is 0 Å². The van der Waals surface area contributed by atoms with E-state index in [1.807, 2.05) is 0 Å². The lowest BCUT2D eigenvalue weighted by Gasteiger charge is -2.45. The highest BCUT2D eigenvalue weighted by Crippen LogP contribution is 2.30. The SMILES string of the molecule is O=C(O)C1CC(NC2CCCCC2)CN(C2CCC2)C1. The van der Waals surface area contributed by atoms with Gasteiger partial charge in [-0.1, -0.05) is 25.7 Å². The summed E-state index contributed by atoms with van der Waals surface area (Å²) in [6, 6.07) is 1.67. The summed E-state index contributed by atoms with van der Waals surface area (Å²) >= 11 is 0. The van der Waals surface area contributed by atoms with Gasteiger partial charge in [-0.05, 0) is 32.1 Å². The number of hydrogen-bond donors (Lipinski definition) is 2. The van der Waals surface area contributed by atoms with Gasteiger partial charge >= 0.3 is 5.97 Å². The molecule has 1 heterocycles. The van der Waals surface area contributed by atoms with Crippen LogP contribution in [-0.2, 0) is 4.79 Å². The normalized spacial score (nSPS) is 33.8. The highest BCUT2D eigenvalue weighted by molar-refractivity contribution is 5.70. The summed E-state index contributed by atoms with van der Waals surface area (Å²) < 4.78 is 0. The van der Waals surface area contributed by atoms with Crippen LogP contribution in [0.4, 0.5) is 0 Å². The number of likely N-dealkylation sites (tertiary alicyclic amines) is 1. The van der Waals surface area contributed by atoms with Crippen LogP contribution in [0.2, 0.25) is 0 Å². The maximum atomic E-state index is 11.4. The molecule has 1 saturated heterocycles. The van der Waals surface area contributed by atoms with Gasteiger partial charge in [0.15, 0.2) is 0 Å². The van der Waals surface area contributed by atoms with Gasteiger partial charge in [-0.15, -0.1) is 0 Å². The van der Waals surface area contributed by atoms with E-state index in [0.717, 1.165) is 19.5 Å². The van der Waals surface area contributed by atoms with Crippen LogP contribution < -0.4 is 5.32 Å². The molecule has 20 heavy (non-hydrogen) atoms. The second kappa shape index (κ2) is 6.44. The van der Waals surface area contributed by atoms with Crippen molar-refractivity contribution in [3.8, 4) is 0 Å². The van der Waals surface area contributed by atoms with Crippen molar-refractivity contribution in [3.05, 3.63) is 0 Å². The molecule has 0 amide bonds. The zero-order chi connectivity index (χ0) is 13.9. The van der Waals surface area contributed by atoms with Crippen LogP contribution in [0.15, 0.2) is 0 Å². The van der Waals surface area contributed by atoms with Crippen LogP contribution in [0.25, 0.3) is 0 Å². The minimum Gasteiger partial charge on any atom is -0.481 e. The van der Waals surface area contributed by atoms with E-state index < -0.39 is 5.97 Å². The highest BCUT2D eigenvalue weighted by Gasteiger charge is 2.37. The number of carbonyl (C=O) groups is 1. The first-order valence-electron chi connectivity index (χ1n) is 8.45. The Morgan fingerprint density at radius 3 is 2.30 bits per heavy atom. The van der Waals surface area contributed by atoms with Crippen molar-refractivity contribution < 1.29 is 9.90 Å². The molecule has 4 heteroatoms. The Balaban J connectivity index is 1.58. The van der Waals surface area contributed by atoms with Crippen LogP contribution in [0.3, 0.4) is 0 Å². The van der Waals surface area contributed by atoms with Crippen molar-refractivity contribution in [1.29, 1.82) is 0 Å². The Bertz CT molecular complexity index is 335. The van der Waals surface area contributed by atoms with Crippen molar-refractivity contribution in [3.63, 3.8) is 0 Å². The van der Waals surface area contributed by atoms with E-state index in [0.29, 0.717) is 18.1 Å². The molecule has 2 N–H and O–H groups in total. The molecule has 2 saturated carbocycles. The first-order valence-corrected chi connectivity index (χ1v) is 8.45. The second-order valence-electron chi connectivity index (χ2n) is 7.01. The number of nitrogens with one attached hydrogen (secondary N) is 1. The molecule has 0 aromatic rings. The molecule has 0 aromatic heterocycles. The third-order valence-corrected chi connectivity index (χ3v) is 5.50. The first kappa shape index (κ1) is 14.3. The van der Waals surface area contributed by atoms with E-state index in [9.17, 15) is 9.90 Å². The summed E-state index contributed by atoms with van der Waals surface area (Å²) in [4.78, 5) is 13.9. The Morgan fingerprint density at radius 2 is 1.70 bits per heavy atom. The molecule has 3 rings (SSSR count). The smallest absolute Gasteiger partial charge is 0.307 e. The molecule has 114 valence electrons. The molecule has 0 radical (unpaired) electrons. The number of aliphatic carboxylic acids is 1. The minimum atomic E-state index is -0.607. The lowest BCUT2D eigenvalue weighted by atomic mass is 9.85. The van der Waals surface area contributed by atoms with Crippen molar-refractivity contribution in [1.82, 2.24) is 10.2 Å². The summed E-state index contributed by atoms with van der Waals surface area (Å²) in [7, 11) is 0.